The van der Waals surface area contributed by atoms with Crippen LogP contribution in [0.4, 0.5) is 5.69 Å². The molecule has 0 radical (unpaired) electrons. The lowest BCUT2D eigenvalue weighted by atomic mass is 10.1. The fourth-order valence-corrected chi connectivity index (χ4v) is 2.40. The summed E-state index contributed by atoms with van der Waals surface area (Å²) in [5, 5.41) is 2.95. The van der Waals surface area contributed by atoms with Crippen molar-refractivity contribution in [1.82, 2.24) is 9.55 Å². The number of para-hydroxylation sites is 2. The largest absolute Gasteiger partial charge is 0.323 e. The van der Waals surface area contributed by atoms with Gasteiger partial charge in [0.1, 0.15) is 0 Å². The van der Waals surface area contributed by atoms with Gasteiger partial charge in [0.2, 0.25) is 0 Å². The minimum atomic E-state index is -0.192. The number of amides is 1. The van der Waals surface area contributed by atoms with Crippen molar-refractivity contribution < 1.29 is 4.79 Å². The highest BCUT2D eigenvalue weighted by Gasteiger charge is 2.15. The first-order valence-electron chi connectivity index (χ1n) is 6.86. The number of benzene rings is 2. The highest BCUT2D eigenvalue weighted by molar-refractivity contribution is 6.04. The van der Waals surface area contributed by atoms with Crippen LogP contribution in [0.3, 0.4) is 0 Å². The van der Waals surface area contributed by atoms with E-state index in [0.717, 1.165) is 27.8 Å². The second-order valence-corrected chi connectivity index (χ2v) is 5.26. The molecular weight excluding hydrogens is 262 g/mol. The first-order chi connectivity index (χ1) is 10.1. The lowest BCUT2D eigenvalue weighted by molar-refractivity contribution is 0.101. The summed E-state index contributed by atoms with van der Waals surface area (Å²) in [5.74, 6) is 0.222. The lowest BCUT2D eigenvalue weighted by Crippen LogP contribution is -2.17. The molecule has 1 heterocycles. The molecule has 0 aliphatic heterocycles. The van der Waals surface area contributed by atoms with Gasteiger partial charge in [0, 0.05) is 12.7 Å². The average Bonchev–Trinajstić information content (AvgIpc) is 2.81. The number of nitrogens with zero attached hydrogens (tertiary/aromatic N) is 2. The monoisotopic (exact) mass is 279 g/mol. The van der Waals surface area contributed by atoms with E-state index in [4.69, 9.17) is 0 Å². The van der Waals surface area contributed by atoms with Gasteiger partial charge in [0.15, 0.2) is 5.82 Å². The van der Waals surface area contributed by atoms with Crippen LogP contribution >= 0.6 is 0 Å². The number of fused-ring (bicyclic) bond motifs is 1. The zero-order valence-electron chi connectivity index (χ0n) is 12.3. The number of rotatable bonds is 2. The maximum Gasteiger partial charge on any atom is 0.291 e. The molecule has 0 aliphatic carbocycles. The van der Waals surface area contributed by atoms with E-state index in [1.54, 1.807) is 0 Å². The number of aromatic nitrogens is 2. The van der Waals surface area contributed by atoms with Crippen molar-refractivity contribution in [2.45, 2.75) is 13.8 Å². The summed E-state index contributed by atoms with van der Waals surface area (Å²) < 4.78 is 1.82. The van der Waals surface area contributed by atoms with Crippen molar-refractivity contribution in [3.8, 4) is 0 Å². The van der Waals surface area contributed by atoms with Gasteiger partial charge in [-0.05, 0) is 43.2 Å². The molecule has 0 saturated carbocycles. The van der Waals surface area contributed by atoms with Crippen LogP contribution in [0.1, 0.15) is 21.7 Å². The van der Waals surface area contributed by atoms with E-state index >= 15 is 0 Å². The number of imidazole rings is 1. The SMILES string of the molecule is Cc1ccc(C)c(NC(=O)c2nc3ccccc3n2C)c1. The molecule has 0 atom stereocenters. The number of anilines is 1. The van der Waals surface area contributed by atoms with Gasteiger partial charge >= 0.3 is 0 Å². The van der Waals surface area contributed by atoms with Crippen LogP contribution in [-0.2, 0) is 7.05 Å². The lowest BCUT2D eigenvalue weighted by Gasteiger charge is -2.09. The molecule has 1 amide bonds. The first-order valence-corrected chi connectivity index (χ1v) is 6.86. The Morgan fingerprint density at radius 1 is 1.14 bits per heavy atom. The van der Waals surface area contributed by atoms with Gasteiger partial charge in [-0.2, -0.15) is 0 Å². The van der Waals surface area contributed by atoms with Crippen LogP contribution in [0, 0.1) is 13.8 Å². The Morgan fingerprint density at radius 3 is 2.67 bits per heavy atom. The number of hydrogen-bond acceptors (Lipinski definition) is 2. The average molecular weight is 279 g/mol. The van der Waals surface area contributed by atoms with Gasteiger partial charge in [-0.3, -0.25) is 4.79 Å². The predicted molar refractivity (Wildman–Crippen MR) is 84.6 cm³/mol. The molecule has 0 saturated heterocycles. The Hall–Kier alpha value is -2.62. The zero-order valence-corrected chi connectivity index (χ0v) is 12.3. The molecule has 106 valence electrons. The van der Waals surface area contributed by atoms with Crippen molar-refractivity contribution >= 4 is 22.6 Å². The third kappa shape index (κ3) is 2.40. The molecule has 3 aromatic rings. The Morgan fingerprint density at radius 2 is 1.90 bits per heavy atom. The summed E-state index contributed by atoms with van der Waals surface area (Å²) in [6, 6.07) is 13.7. The molecule has 4 nitrogen and oxygen atoms in total. The maximum atomic E-state index is 12.5. The summed E-state index contributed by atoms with van der Waals surface area (Å²) in [4.78, 5) is 16.9. The number of nitrogens with one attached hydrogen (secondary N) is 1. The quantitative estimate of drug-likeness (QED) is 0.781. The van der Waals surface area contributed by atoms with Crippen molar-refractivity contribution in [2.75, 3.05) is 5.32 Å². The standard InChI is InChI=1S/C17H17N3O/c1-11-8-9-12(2)14(10-11)19-17(21)16-18-13-6-4-5-7-15(13)20(16)3/h4-10H,1-3H3,(H,19,21). The third-order valence-electron chi connectivity index (χ3n) is 3.63. The highest BCUT2D eigenvalue weighted by Crippen LogP contribution is 2.19. The van der Waals surface area contributed by atoms with Crippen molar-refractivity contribution in [2.24, 2.45) is 7.05 Å². The Kier molecular flexibility index (Phi) is 3.22. The third-order valence-corrected chi connectivity index (χ3v) is 3.63. The first kappa shape index (κ1) is 13.4. The molecular formula is C17H17N3O. The topological polar surface area (TPSA) is 46.9 Å². The molecule has 21 heavy (non-hydrogen) atoms. The minimum absolute atomic E-state index is 0.192. The molecule has 0 unspecified atom stereocenters. The van der Waals surface area contributed by atoms with Crippen LogP contribution < -0.4 is 5.32 Å². The van der Waals surface area contributed by atoms with E-state index in [0.29, 0.717) is 5.82 Å². The van der Waals surface area contributed by atoms with Gasteiger partial charge in [0.25, 0.3) is 5.91 Å². The van der Waals surface area contributed by atoms with Crippen LogP contribution in [0.5, 0.6) is 0 Å². The minimum Gasteiger partial charge on any atom is -0.323 e. The molecule has 3 rings (SSSR count). The van der Waals surface area contributed by atoms with Crippen molar-refractivity contribution in [3.05, 3.63) is 59.4 Å². The number of hydrogen-bond donors (Lipinski definition) is 1. The fraction of sp³-hybridized carbons (Fsp3) is 0.176. The summed E-state index contributed by atoms with van der Waals surface area (Å²) in [6.45, 7) is 3.98. The van der Waals surface area contributed by atoms with Crippen molar-refractivity contribution in [3.63, 3.8) is 0 Å². The van der Waals surface area contributed by atoms with E-state index in [1.807, 2.05) is 67.9 Å². The zero-order chi connectivity index (χ0) is 15.0. The molecule has 0 aliphatic rings. The van der Waals surface area contributed by atoms with E-state index < -0.39 is 0 Å². The fourth-order valence-electron chi connectivity index (χ4n) is 2.40. The molecule has 4 heteroatoms. The normalized spacial score (nSPS) is 10.8. The van der Waals surface area contributed by atoms with Crippen LogP contribution in [-0.4, -0.2) is 15.5 Å². The second-order valence-electron chi connectivity index (χ2n) is 5.26. The van der Waals surface area contributed by atoms with E-state index in [1.165, 1.54) is 0 Å². The van der Waals surface area contributed by atoms with Crippen LogP contribution in [0.25, 0.3) is 11.0 Å². The molecule has 0 bridgehead atoms. The van der Waals surface area contributed by atoms with Gasteiger partial charge in [0.05, 0.1) is 11.0 Å². The van der Waals surface area contributed by atoms with Gasteiger partial charge < -0.3 is 9.88 Å². The number of carbonyl (C=O) groups excluding carboxylic acids is 1. The van der Waals surface area contributed by atoms with Crippen LogP contribution in [0.2, 0.25) is 0 Å². The van der Waals surface area contributed by atoms with Gasteiger partial charge in [-0.1, -0.05) is 24.3 Å². The maximum absolute atomic E-state index is 12.5. The summed E-state index contributed by atoms with van der Waals surface area (Å²) in [6.07, 6.45) is 0. The van der Waals surface area contributed by atoms with Gasteiger partial charge in [-0.25, -0.2) is 4.98 Å². The van der Waals surface area contributed by atoms with E-state index in [9.17, 15) is 4.79 Å². The number of aryl methyl sites for hydroxylation is 3. The summed E-state index contributed by atoms with van der Waals surface area (Å²) in [7, 11) is 1.85. The molecule has 1 N–H and O–H groups in total. The summed E-state index contributed by atoms with van der Waals surface area (Å²) in [5.41, 5.74) is 4.75. The smallest absolute Gasteiger partial charge is 0.291 e. The molecule has 2 aromatic carbocycles. The second kappa shape index (κ2) is 5.05. The Labute approximate surface area is 123 Å². The molecule has 1 aromatic heterocycles. The van der Waals surface area contributed by atoms with Crippen LogP contribution in [0.15, 0.2) is 42.5 Å². The van der Waals surface area contributed by atoms with E-state index in [-0.39, 0.29) is 5.91 Å². The number of carbonyl (C=O) groups is 1. The van der Waals surface area contributed by atoms with Crippen molar-refractivity contribution in [1.29, 1.82) is 0 Å². The Balaban J connectivity index is 1.97. The molecule has 0 fully saturated rings. The summed E-state index contributed by atoms with van der Waals surface area (Å²) >= 11 is 0. The van der Waals surface area contributed by atoms with Gasteiger partial charge in [-0.15, -0.1) is 0 Å². The van der Waals surface area contributed by atoms with E-state index in [2.05, 4.69) is 10.3 Å². The predicted octanol–water partition coefficient (Wildman–Crippen LogP) is 3.44. The highest BCUT2D eigenvalue weighted by atomic mass is 16.2. The molecule has 0 spiro atoms. The Bertz CT molecular complexity index is 833.